The molecule has 1 N–H and O–H groups in total. The van der Waals surface area contributed by atoms with E-state index in [1.54, 1.807) is 11.3 Å². The quantitative estimate of drug-likeness (QED) is 0.832. The number of piperazine rings is 1. The topological polar surface area (TPSA) is 60.9 Å². The Bertz CT molecular complexity index is 495. The number of likely N-dealkylation sites (N-methyl/N-ethyl adjacent to an activating group) is 1. The molecule has 0 atom stereocenters. The molecule has 1 amide bonds. The van der Waals surface area contributed by atoms with Crippen LogP contribution in [0.1, 0.15) is 15.5 Å². The van der Waals surface area contributed by atoms with E-state index >= 15 is 0 Å². The van der Waals surface area contributed by atoms with Crippen molar-refractivity contribution in [2.45, 2.75) is 6.54 Å². The van der Waals surface area contributed by atoms with Crippen molar-refractivity contribution in [2.24, 2.45) is 0 Å². The number of amides is 1. The first-order valence-electron chi connectivity index (χ1n) is 7.70. The fourth-order valence-electron chi connectivity index (χ4n) is 2.56. The highest BCUT2D eigenvalue weighted by molar-refractivity contribution is 7.09. The number of rotatable bonds is 4. The first-order valence-corrected chi connectivity index (χ1v) is 8.57. The maximum absolute atomic E-state index is 12.2. The molecule has 0 radical (unpaired) electrons. The van der Waals surface area contributed by atoms with Gasteiger partial charge in [0.05, 0.1) is 19.8 Å². The number of thiazole rings is 1. The molecule has 3 rings (SSSR count). The largest absolute Gasteiger partial charge is 0.379 e. The van der Waals surface area contributed by atoms with Crippen molar-refractivity contribution < 1.29 is 9.53 Å². The Kier molecular flexibility index (Phi) is 5.37. The predicted octanol–water partition coefficient (Wildman–Crippen LogP) is -0.132. The predicted molar refractivity (Wildman–Crippen MR) is 84.7 cm³/mol. The summed E-state index contributed by atoms with van der Waals surface area (Å²) in [5.41, 5.74) is 3.47. The lowest BCUT2D eigenvalue weighted by Gasteiger charge is -2.32. The van der Waals surface area contributed by atoms with Crippen LogP contribution in [0.4, 0.5) is 0 Å². The van der Waals surface area contributed by atoms with Crippen molar-refractivity contribution >= 4 is 17.2 Å². The number of nitrogens with zero attached hydrogens (tertiary/aromatic N) is 4. The van der Waals surface area contributed by atoms with Gasteiger partial charge in [-0.2, -0.15) is 0 Å². The molecule has 2 aliphatic rings. The first kappa shape index (κ1) is 15.8. The molecule has 8 heteroatoms. The summed E-state index contributed by atoms with van der Waals surface area (Å²) in [6.07, 6.45) is 0. The van der Waals surface area contributed by atoms with Crippen LogP contribution in [0, 0.1) is 0 Å². The summed E-state index contributed by atoms with van der Waals surface area (Å²) in [4.78, 5) is 21.3. The van der Waals surface area contributed by atoms with E-state index in [1.807, 2.05) is 10.4 Å². The minimum atomic E-state index is -0.103. The van der Waals surface area contributed by atoms with Gasteiger partial charge in [-0.1, -0.05) is 0 Å². The monoisotopic (exact) mass is 325 g/mol. The molecular formula is C14H23N5O2S. The van der Waals surface area contributed by atoms with E-state index in [0.717, 1.165) is 64.0 Å². The summed E-state index contributed by atoms with van der Waals surface area (Å²) in [5, 5.41) is 4.82. The van der Waals surface area contributed by atoms with Gasteiger partial charge in [0.2, 0.25) is 0 Å². The average molecular weight is 325 g/mol. The standard InChI is InChI=1S/C14H23N5O2S/c1-17-2-4-19(5-3-17)16-14(20)12-11-22-13(15-12)10-18-6-8-21-9-7-18/h11H,2-10H2,1H3,(H,16,20). The highest BCUT2D eigenvalue weighted by Gasteiger charge is 2.19. The number of hydrazine groups is 1. The molecule has 0 spiro atoms. The molecule has 2 aliphatic heterocycles. The number of hydrogen-bond acceptors (Lipinski definition) is 7. The molecule has 0 bridgehead atoms. The van der Waals surface area contributed by atoms with Crippen molar-refractivity contribution in [1.82, 2.24) is 25.2 Å². The molecule has 122 valence electrons. The zero-order valence-electron chi connectivity index (χ0n) is 13.0. The fraction of sp³-hybridized carbons (Fsp3) is 0.714. The van der Waals surface area contributed by atoms with Gasteiger partial charge < -0.3 is 9.64 Å². The SMILES string of the molecule is CN1CCN(NC(=O)c2csc(CN3CCOCC3)n2)CC1. The Labute approximate surface area is 134 Å². The third-order valence-electron chi connectivity index (χ3n) is 4.01. The second kappa shape index (κ2) is 7.47. The van der Waals surface area contributed by atoms with Gasteiger partial charge in [0.1, 0.15) is 10.7 Å². The van der Waals surface area contributed by atoms with Crippen LogP contribution in [0.2, 0.25) is 0 Å². The summed E-state index contributed by atoms with van der Waals surface area (Å²) in [7, 11) is 2.09. The van der Waals surface area contributed by atoms with E-state index in [1.165, 1.54) is 0 Å². The molecule has 0 unspecified atom stereocenters. The van der Waals surface area contributed by atoms with E-state index in [4.69, 9.17) is 4.74 Å². The van der Waals surface area contributed by atoms with Gasteiger partial charge in [0, 0.05) is 44.6 Å². The van der Waals surface area contributed by atoms with Crippen LogP contribution in [-0.4, -0.2) is 85.2 Å². The molecule has 7 nitrogen and oxygen atoms in total. The minimum Gasteiger partial charge on any atom is -0.379 e. The Hall–Kier alpha value is -1.06. The van der Waals surface area contributed by atoms with Crippen LogP contribution >= 0.6 is 11.3 Å². The molecular weight excluding hydrogens is 302 g/mol. The van der Waals surface area contributed by atoms with E-state index in [-0.39, 0.29) is 5.91 Å². The Morgan fingerprint density at radius 3 is 2.73 bits per heavy atom. The summed E-state index contributed by atoms with van der Waals surface area (Å²) in [5.74, 6) is -0.103. The second-order valence-electron chi connectivity index (χ2n) is 5.75. The van der Waals surface area contributed by atoms with E-state index in [9.17, 15) is 4.79 Å². The van der Waals surface area contributed by atoms with Gasteiger partial charge in [0.25, 0.3) is 5.91 Å². The lowest BCUT2D eigenvalue weighted by Crippen LogP contribution is -2.52. The van der Waals surface area contributed by atoms with Crippen molar-refractivity contribution in [2.75, 3.05) is 59.5 Å². The molecule has 0 aromatic carbocycles. The third-order valence-corrected chi connectivity index (χ3v) is 4.84. The van der Waals surface area contributed by atoms with Crippen molar-refractivity contribution in [3.63, 3.8) is 0 Å². The number of carbonyl (C=O) groups excluding carboxylic acids is 1. The Morgan fingerprint density at radius 2 is 2.00 bits per heavy atom. The normalized spacial score (nSPS) is 21.9. The van der Waals surface area contributed by atoms with Gasteiger partial charge in [-0.05, 0) is 7.05 Å². The van der Waals surface area contributed by atoms with Gasteiger partial charge in [0.15, 0.2) is 0 Å². The smallest absolute Gasteiger partial charge is 0.285 e. The van der Waals surface area contributed by atoms with E-state index in [0.29, 0.717) is 5.69 Å². The van der Waals surface area contributed by atoms with Crippen molar-refractivity contribution in [3.05, 3.63) is 16.1 Å². The molecule has 2 saturated heterocycles. The minimum absolute atomic E-state index is 0.103. The number of morpholine rings is 1. The van der Waals surface area contributed by atoms with E-state index < -0.39 is 0 Å². The summed E-state index contributed by atoms with van der Waals surface area (Å²) in [6, 6.07) is 0. The lowest BCUT2D eigenvalue weighted by molar-refractivity contribution is 0.0341. The molecule has 3 heterocycles. The summed E-state index contributed by atoms with van der Waals surface area (Å²) < 4.78 is 5.34. The average Bonchev–Trinajstić information content (AvgIpc) is 2.99. The van der Waals surface area contributed by atoms with Crippen molar-refractivity contribution in [3.8, 4) is 0 Å². The van der Waals surface area contributed by atoms with Crippen LogP contribution in [0.15, 0.2) is 5.38 Å². The Balaban J connectivity index is 1.50. The number of aromatic nitrogens is 1. The first-order chi connectivity index (χ1) is 10.7. The number of ether oxygens (including phenoxy) is 1. The molecule has 2 fully saturated rings. The van der Waals surface area contributed by atoms with E-state index in [2.05, 4.69) is 27.3 Å². The highest BCUT2D eigenvalue weighted by atomic mass is 32.1. The maximum atomic E-state index is 12.2. The summed E-state index contributed by atoms with van der Waals surface area (Å²) in [6.45, 7) is 7.88. The van der Waals surface area contributed by atoms with Crippen LogP contribution in [-0.2, 0) is 11.3 Å². The summed E-state index contributed by atoms with van der Waals surface area (Å²) >= 11 is 1.55. The van der Waals surface area contributed by atoms with Gasteiger partial charge in [-0.25, -0.2) is 9.99 Å². The Morgan fingerprint density at radius 1 is 1.27 bits per heavy atom. The second-order valence-corrected chi connectivity index (χ2v) is 6.69. The number of hydrogen-bond donors (Lipinski definition) is 1. The van der Waals surface area contributed by atoms with Crippen LogP contribution in [0.25, 0.3) is 0 Å². The molecule has 1 aromatic heterocycles. The highest BCUT2D eigenvalue weighted by Crippen LogP contribution is 2.13. The molecule has 1 aromatic rings. The van der Waals surface area contributed by atoms with Crippen LogP contribution in [0.3, 0.4) is 0 Å². The fourth-order valence-corrected chi connectivity index (χ4v) is 3.37. The number of nitrogens with one attached hydrogen (secondary N) is 1. The lowest BCUT2D eigenvalue weighted by atomic mass is 10.4. The van der Waals surface area contributed by atoms with Crippen molar-refractivity contribution in [1.29, 1.82) is 0 Å². The zero-order valence-corrected chi connectivity index (χ0v) is 13.8. The number of carbonyl (C=O) groups is 1. The molecule has 0 saturated carbocycles. The van der Waals surface area contributed by atoms with Gasteiger partial charge in [-0.3, -0.25) is 15.1 Å². The zero-order chi connectivity index (χ0) is 15.4. The molecule has 22 heavy (non-hydrogen) atoms. The molecule has 0 aliphatic carbocycles. The van der Waals surface area contributed by atoms with Crippen LogP contribution < -0.4 is 5.43 Å². The van der Waals surface area contributed by atoms with Gasteiger partial charge >= 0.3 is 0 Å². The third kappa shape index (κ3) is 4.23. The van der Waals surface area contributed by atoms with Gasteiger partial charge in [-0.15, -0.1) is 11.3 Å². The van der Waals surface area contributed by atoms with Crippen LogP contribution in [0.5, 0.6) is 0 Å². The maximum Gasteiger partial charge on any atom is 0.285 e.